The summed E-state index contributed by atoms with van der Waals surface area (Å²) in [6.07, 6.45) is 0.524. The largest absolute Gasteiger partial charge is 0.493 e. The zero-order chi connectivity index (χ0) is 25.3. The molecule has 188 valence electrons. The molecule has 0 unspecified atom stereocenters. The quantitative estimate of drug-likeness (QED) is 0.311. The first kappa shape index (κ1) is 23.5. The van der Waals surface area contributed by atoms with Gasteiger partial charge in [0.05, 0.1) is 6.20 Å². The van der Waals surface area contributed by atoms with Crippen molar-refractivity contribution < 1.29 is 18.3 Å². The average molecular weight is 501 g/mol. The van der Waals surface area contributed by atoms with Crippen molar-refractivity contribution in [2.75, 3.05) is 25.0 Å². The molecular formula is C22H22F3N9O2. The normalized spacial score (nSPS) is 15.9. The van der Waals surface area contributed by atoms with Crippen molar-refractivity contribution in [2.24, 2.45) is 4.99 Å². The van der Waals surface area contributed by atoms with E-state index in [2.05, 4.69) is 40.2 Å². The highest BCUT2D eigenvalue weighted by Gasteiger charge is 2.26. The number of anilines is 2. The molecule has 0 amide bonds. The minimum atomic E-state index is -4.53. The van der Waals surface area contributed by atoms with Gasteiger partial charge in [-0.15, -0.1) is 0 Å². The minimum Gasteiger partial charge on any atom is -0.493 e. The van der Waals surface area contributed by atoms with Crippen molar-refractivity contribution >= 4 is 23.4 Å². The van der Waals surface area contributed by atoms with Gasteiger partial charge in [0, 0.05) is 17.5 Å². The Balaban J connectivity index is 1.55. The summed E-state index contributed by atoms with van der Waals surface area (Å²) in [6, 6.07) is 7.63. The molecule has 11 nitrogen and oxygen atoms in total. The smallest absolute Gasteiger partial charge is 0.408 e. The van der Waals surface area contributed by atoms with Gasteiger partial charge in [0.2, 0.25) is 11.8 Å². The summed E-state index contributed by atoms with van der Waals surface area (Å²) in [4.78, 5) is 30.6. The van der Waals surface area contributed by atoms with Crippen LogP contribution in [-0.4, -0.2) is 65.4 Å². The van der Waals surface area contributed by atoms with E-state index >= 15 is 0 Å². The molecule has 3 aromatic heterocycles. The molecule has 1 saturated heterocycles. The van der Waals surface area contributed by atoms with E-state index in [0.29, 0.717) is 10.9 Å². The number of hydrogen-bond acceptors (Lipinski definition) is 8. The number of benzene rings is 1. The third kappa shape index (κ3) is 5.38. The molecule has 0 atom stereocenters. The number of aromatic hydroxyl groups is 1. The number of H-pyrrole nitrogens is 2. The van der Waals surface area contributed by atoms with Crippen molar-refractivity contribution in [1.82, 2.24) is 34.4 Å². The number of hydrogen-bond donors (Lipinski definition) is 4. The number of alkyl halides is 3. The summed E-state index contributed by atoms with van der Waals surface area (Å²) in [5.41, 5.74) is 1.00. The van der Waals surface area contributed by atoms with E-state index in [4.69, 9.17) is 0 Å². The molecule has 1 aliphatic rings. The number of aromatic amines is 2. The van der Waals surface area contributed by atoms with Crippen LogP contribution < -0.4 is 21.8 Å². The Kier molecular flexibility index (Phi) is 6.18. The molecule has 1 fully saturated rings. The van der Waals surface area contributed by atoms with Gasteiger partial charge in [-0.25, -0.2) is 9.79 Å². The summed E-state index contributed by atoms with van der Waals surface area (Å²) in [7, 11) is 0. The molecule has 0 spiro atoms. The molecule has 0 aliphatic carbocycles. The fourth-order valence-corrected chi connectivity index (χ4v) is 4.02. The monoisotopic (exact) mass is 501 g/mol. The Morgan fingerprint density at radius 3 is 2.72 bits per heavy atom. The standard InChI is InChI=1S/C22H22F3N9O2/c23-22(24,25)12-26-20-32-19(28-15-5-3-4-13(8-15)11-33-6-1-2-7-33)30-17-14(10-27-34(17)20)9-16-18(35)31-21(36)29-16/h3-5,8-10,35H,1-2,6-7,11-12H2,(H,26,28,32)(H2,29,31,36)/b14-9+. The molecule has 4 aromatic rings. The first-order chi connectivity index (χ1) is 17.2. The summed E-state index contributed by atoms with van der Waals surface area (Å²) >= 11 is 0. The fraction of sp³-hybridized carbons (Fsp3) is 0.318. The van der Waals surface area contributed by atoms with E-state index < -0.39 is 24.3 Å². The molecule has 14 heteroatoms. The number of halogens is 3. The molecule has 1 aliphatic heterocycles. The van der Waals surface area contributed by atoms with Gasteiger partial charge in [0.25, 0.3) is 5.62 Å². The zero-order valence-electron chi connectivity index (χ0n) is 18.9. The second kappa shape index (κ2) is 9.45. The minimum absolute atomic E-state index is 0.0173. The summed E-state index contributed by atoms with van der Waals surface area (Å²) in [5.74, 6) is -0.382. The van der Waals surface area contributed by atoms with E-state index in [9.17, 15) is 23.1 Å². The van der Waals surface area contributed by atoms with Crippen molar-refractivity contribution in [1.29, 1.82) is 0 Å². The van der Waals surface area contributed by atoms with Crippen molar-refractivity contribution in [3.05, 3.63) is 63.0 Å². The van der Waals surface area contributed by atoms with Gasteiger partial charge in [-0.3, -0.25) is 9.88 Å². The second-order valence-corrected chi connectivity index (χ2v) is 8.41. The maximum absolute atomic E-state index is 12.9. The van der Waals surface area contributed by atoms with Crippen molar-refractivity contribution in [2.45, 2.75) is 25.6 Å². The van der Waals surface area contributed by atoms with E-state index in [0.717, 1.165) is 29.7 Å². The molecular weight excluding hydrogens is 479 g/mol. The van der Waals surface area contributed by atoms with Gasteiger partial charge < -0.3 is 15.4 Å². The van der Waals surface area contributed by atoms with E-state index in [-0.39, 0.29) is 22.9 Å². The SMILES string of the molecule is O=c1[nH]c(O)c(/C=c2\cnn3c(=NCC(F)(F)F)nc(Nc4cccc(CN5CCCC5)c4)nc23)[nH]1. The molecule has 4 N–H and O–H groups in total. The van der Waals surface area contributed by atoms with Crippen molar-refractivity contribution in [3.63, 3.8) is 0 Å². The van der Waals surface area contributed by atoms with Gasteiger partial charge in [-0.2, -0.15) is 32.8 Å². The average Bonchev–Trinajstić information content (AvgIpc) is 3.54. The third-order valence-electron chi connectivity index (χ3n) is 5.60. The molecule has 0 bridgehead atoms. The molecule has 0 saturated carbocycles. The molecule has 36 heavy (non-hydrogen) atoms. The van der Waals surface area contributed by atoms with Gasteiger partial charge >= 0.3 is 11.9 Å². The van der Waals surface area contributed by atoms with Gasteiger partial charge in [-0.1, -0.05) is 12.1 Å². The number of imidazole rings is 1. The van der Waals surface area contributed by atoms with Crippen LogP contribution in [0.15, 0.2) is 40.2 Å². The van der Waals surface area contributed by atoms with E-state index in [1.165, 1.54) is 25.1 Å². The predicted octanol–water partition coefficient (Wildman–Crippen LogP) is 1.20. The lowest BCUT2D eigenvalue weighted by Gasteiger charge is -2.15. The fourth-order valence-electron chi connectivity index (χ4n) is 4.02. The van der Waals surface area contributed by atoms with Crippen LogP contribution in [0.25, 0.3) is 11.7 Å². The Bertz CT molecular complexity index is 1570. The van der Waals surface area contributed by atoms with Crippen LogP contribution in [0.5, 0.6) is 5.88 Å². The maximum Gasteiger partial charge on any atom is 0.408 e. The van der Waals surface area contributed by atoms with Crippen LogP contribution in [0.3, 0.4) is 0 Å². The van der Waals surface area contributed by atoms with Crippen LogP contribution in [0.4, 0.5) is 24.8 Å². The second-order valence-electron chi connectivity index (χ2n) is 8.41. The number of aromatic nitrogens is 6. The first-order valence-corrected chi connectivity index (χ1v) is 11.2. The number of nitrogens with zero attached hydrogens (tertiary/aromatic N) is 6. The van der Waals surface area contributed by atoms with Crippen LogP contribution in [0, 0.1) is 0 Å². The van der Waals surface area contributed by atoms with Crippen molar-refractivity contribution in [3.8, 4) is 5.88 Å². The first-order valence-electron chi connectivity index (χ1n) is 11.2. The summed E-state index contributed by atoms with van der Waals surface area (Å²) in [5, 5.41) is 17.3. The Morgan fingerprint density at radius 2 is 2.00 bits per heavy atom. The lowest BCUT2D eigenvalue weighted by molar-refractivity contribution is -0.118. The van der Waals surface area contributed by atoms with E-state index in [1.54, 1.807) is 6.07 Å². The van der Waals surface area contributed by atoms with Crippen LogP contribution >= 0.6 is 0 Å². The van der Waals surface area contributed by atoms with Crippen LogP contribution in [0.2, 0.25) is 0 Å². The molecule has 1 aromatic carbocycles. The van der Waals surface area contributed by atoms with Gasteiger partial charge in [0.1, 0.15) is 12.2 Å². The number of fused-ring (bicyclic) bond motifs is 1. The van der Waals surface area contributed by atoms with Crippen LogP contribution in [-0.2, 0) is 6.54 Å². The predicted molar refractivity (Wildman–Crippen MR) is 123 cm³/mol. The number of rotatable bonds is 6. The molecule has 4 heterocycles. The molecule has 5 rings (SSSR count). The topological polar surface area (TPSA) is 140 Å². The lowest BCUT2D eigenvalue weighted by Crippen LogP contribution is -2.26. The number of likely N-dealkylation sites (tertiary alicyclic amines) is 1. The van der Waals surface area contributed by atoms with Gasteiger partial charge in [0.15, 0.2) is 5.65 Å². The third-order valence-corrected chi connectivity index (χ3v) is 5.60. The summed E-state index contributed by atoms with van der Waals surface area (Å²) < 4.78 is 39.7. The number of nitrogens with one attached hydrogen (secondary N) is 3. The van der Waals surface area contributed by atoms with Gasteiger partial charge in [-0.05, 0) is 49.7 Å². The maximum atomic E-state index is 12.9. The zero-order valence-corrected chi connectivity index (χ0v) is 18.9. The Morgan fingerprint density at radius 1 is 1.19 bits per heavy atom. The summed E-state index contributed by atoms with van der Waals surface area (Å²) in [6.45, 7) is 1.43. The highest BCUT2D eigenvalue weighted by Crippen LogP contribution is 2.18. The highest BCUT2D eigenvalue weighted by atomic mass is 19.4. The molecule has 0 radical (unpaired) electrons. The Labute approximate surface area is 201 Å². The Hall–Kier alpha value is -4.20. The lowest BCUT2D eigenvalue weighted by atomic mass is 10.2. The van der Waals surface area contributed by atoms with E-state index in [1.807, 2.05) is 18.2 Å². The van der Waals surface area contributed by atoms with Crippen LogP contribution in [0.1, 0.15) is 24.1 Å². The highest BCUT2D eigenvalue weighted by molar-refractivity contribution is 5.59.